The molecule has 8 nitrogen and oxygen atoms in total. The van der Waals surface area contributed by atoms with Gasteiger partial charge in [-0.25, -0.2) is 14.8 Å². The van der Waals surface area contributed by atoms with Gasteiger partial charge in [-0.1, -0.05) is 12.1 Å². The highest BCUT2D eigenvalue weighted by Crippen LogP contribution is 2.24. The van der Waals surface area contributed by atoms with Gasteiger partial charge in [0.15, 0.2) is 11.5 Å². The summed E-state index contributed by atoms with van der Waals surface area (Å²) in [7, 11) is 1.82. The van der Waals surface area contributed by atoms with Crippen LogP contribution in [0.15, 0.2) is 42.9 Å². The number of anilines is 2. The number of amides is 2. The van der Waals surface area contributed by atoms with Gasteiger partial charge in [0.2, 0.25) is 0 Å². The number of urea groups is 1. The summed E-state index contributed by atoms with van der Waals surface area (Å²) in [6.07, 6.45) is 6.38. The van der Waals surface area contributed by atoms with Gasteiger partial charge in [0, 0.05) is 43.8 Å². The van der Waals surface area contributed by atoms with E-state index in [2.05, 4.69) is 20.6 Å². The Balaban J connectivity index is 1.50. The molecule has 0 spiro atoms. The molecular formula is C19H22N6O2. The first kappa shape index (κ1) is 17.3. The second kappa shape index (κ2) is 7.24. The van der Waals surface area contributed by atoms with Crippen molar-refractivity contribution in [2.45, 2.75) is 18.9 Å². The molecule has 1 saturated heterocycles. The molecule has 1 fully saturated rings. The maximum atomic E-state index is 12.3. The zero-order valence-corrected chi connectivity index (χ0v) is 15.1. The number of likely N-dealkylation sites (tertiary alicyclic amines) is 1. The Morgan fingerprint density at radius 2 is 1.93 bits per heavy atom. The van der Waals surface area contributed by atoms with E-state index >= 15 is 0 Å². The molecule has 3 N–H and O–H groups in total. The molecular weight excluding hydrogens is 344 g/mol. The summed E-state index contributed by atoms with van der Waals surface area (Å²) < 4.78 is 1.98. The van der Waals surface area contributed by atoms with E-state index in [1.807, 2.05) is 48.1 Å². The molecule has 0 radical (unpaired) electrons. The summed E-state index contributed by atoms with van der Waals surface area (Å²) in [6.45, 7) is 1.16. The van der Waals surface area contributed by atoms with E-state index in [1.165, 1.54) is 0 Å². The summed E-state index contributed by atoms with van der Waals surface area (Å²) >= 11 is 0. The van der Waals surface area contributed by atoms with Crippen molar-refractivity contribution < 1.29 is 9.90 Å². The van der Waals surface area contributed by atoms with Crippen molar-refractivity contribution in [3.8, 4) is 11.3 Å². The number of aromatic nitrogens is 3. The third kappa shape index (κ3) is 3.43. The molecule has 0 saturated carbocycles. The first-order valence-corrected chi connectivity index (χ1v) is 9.00. The second-order valence-electron chi connectivity index (χ2n) is 6.59. The van der Waals surface area contributed by atoms with Crippen molar-refractivity contribution in [3.05, 3.63) is 42.9 Å². The van der Waals surface area contributed by atoms with Gasteiger partial charge in [0.05, 0.1) is 18.0 Å². The molecule has 3 heterocycles. The monoisotopic (exact) mass is 366 g/mol. The smallest absolute Gasteiger partial charge is 0.321 e. The van der Waals surface area contributed by atoms with Crippen LogP contribution in [0.1, 0.15) is 12.8 Å². The van der Waals surface area contributed by atoms with E-state index in [4.69, 9.17) is 0 Å². The Morgan fingerprint density at radius 3 is 2.63 bits per heavy atom. The fraction of sp³-hybridized carbons (Fsp3) is 0.316. The average molecular weight is 366 g/mol. The SMILES string of the molecule is CNc1nccn2c(-c3ccc(NC(=O)N4CCC(O)CC4)cc3)cnc12. The van der Waals surface area contributed by atoms with Gasteiger partial charge < -0.3 is 20.6 Å². The van der Waals surface area contributed by atoms with Crippen LogP contribution < -0.4 is 10.6 Å². The first-order valence-electron chi connectivity index (χ1n) is 9.00. The van der Waals surface area contributed by atoms with Crippen LogP contribution in [0.5, 0.6) is 0 Å². The number of aliphatic hydroxyl groups excluding tert-OH is 1. The lowest BCUT2D eigenvalue weighted by Gasteiger charge is -2.29. The van der Waals surface area contributed by atoms with Gasteiger partial charge >= 0.3 is 6.03 Å². The second-order valence-corrected chi connectivity index (χ2v) is 6.59. The van der Waals surface area contributed by atoms with Crippen LogP contribution in [-0.4, -0.2) is 56.6 Å². The van der Waals surface area contributed by atoms with Crippen molar-refractivity contribution in [3.63, 3.8) is 0 Å². The third-order valence-electron chi connectivity index (χ3n) is 4.85. The Kier molecular flexibility index (Phi) is 4.64. The van der Waals surface area contributed by atoms with Crippen molar-refractivity contribution in [2.75, 3.05) is 30.8 Å². The van der Waals surface area contributed by atoms with Crippen LogP contribution >= 0.6 is 0 Å². The number of nitrogens with zero attached hydrogens (tertiary/aromatic N) is 4. The predicted molar refractivity (Wildman–Crippen MR) is 104 cm³/mol. The number of hydrogen-bond acceptors (Lipinski definition) is 5. The van der Waals surface area contributed by atoms with Gasteiger partial charge in [0.1, 0.15) is 0 Å². The molecule has 0 aliphatic carbocycles. The fourth-order valence-corrected chi connectivity index (χ4v) is 3.30. The number of piperidine rings is 1. The molecule has 27 heavy (non-hydrogen) atoms. The quantitative estimate of drug-likeness (QED) is 0.662. The zero-order valence-electron chi connectivity index (χ0n) is 15.1. The van der Waals surface area contributed by atoms with E-state index in [0.717, 1.165) is 28.4 Å². The molecule has 3 aromatic rings. The van der Waals surface area contributed by atoms with Gasteiger partial charge in [-0.05, 0) is 25.0 Å². The highest BCUT2D eigenvalue weighted by molar-refractivity contribution is 5.89. The minimum absolute atomic E-state index is 0.130. The molecule has 0 bridgehead atoms. The molecule has 2 aromatic heterocycles. The van der Waals surface area contributed by atoms with Crippen LogP contribution in [-0.2, 0) is 0 Å². The van der Waals surface area contributed by atoms with Crippen molar-refractivity contribution in [1.82, 2.24) is 19.3 Å². The minimum Gasteiger partial charge on any atom is -0.393 e. The van der Waals surface area contributed by atoms with Crippen LogP contribution in [0.25, 0.3) is 16.9 Å². The molecule has 140 valence electrons. The summed E-state index contributed by atoms with van der Waals surface area (Å²) in [6, 6.07) is 7.54. The van der Waals surface area contributed by atoms with E-state index in [-0.39, 0.29) is 12.1 Å². The lowest BCUT2D eigenvalue weighted by molar-refractivity contribution is 0.0972. The van der Waals surface area contributed by atoms with E-state index < -0.39 is 0 Å². The Morgan fingerprint density at radius 1 is 1.19 bits per heavy atom. The maximum Gasteiger partial charge on any atom is 0.321 e. The summed E-state index contributed by atoms with van der Waals surface area (Å²) in [5.41, 5.74) is 3.45. The largest absolute Gasteiger partial charge is 0.393 e. The number of aliphatic hydroxyl groups is 1. The molecule has 1 aliphatic heterocycles. The zero-order chi connectivity index (χ0) is 18.8. The topological polar surface area (TPSA) is 94.8 Å². The molecule has 0 atom stereocenters. The summed E-state index contributed by atoms with van der Waals surface area (Å²) in [5.74, 6) is 0.722. The normalized spacial score (nSPS) is 15.1. The number of nitrogens with one attached hydrogen (secondary N) is 2. The number of carbonyl (C=O) groups excluding carboxylic acids is 1. The lowest BCUT2D eigenvalue weighted by atomic mass is 10.1. The number of fused-ring (bicyclic) bond motifs is 1. The average Bonchev–Trinajstić information content (AvgIpc) is 3.13. The van der Waals surface area contributed by atoms with Crippen LogP contribution in [0, 0.1) is 0 Å². The Hall–Kier alpha value is -3.13. The van der Waals surface area contributed by atoms with Crippen molar-refractivity contribution in [2.24, 2.45) is 0 Å². The van der Waals surface area contributed by atoms with Crippen LogP contribution in [0.2, 0.25) is 0 Å². The number of carbonyl (C=O) groups is 1. The predicted octanol–water partition coefficient (Wildman–Crippen LogP) is 2.43. The van der Waals surface area contributed by atoms with Gasteiger partial charge in [-0.15, -0.1) is 0 Å². The summed E-state index contributed by atoms with van der Waals surface area (Å²) in [5, 5.41) is 15.5. The summed E-state index contributed by atoms with van der Waals surface area (Å²) in [4.78, 5) is 22.8. The van der Waals surface area contributed by atoms with Crippen molar-refractivity contribution in [1.29, 1.82) is 0 Å². The first-order chi connectivity index (χ1) is 13.2. The number of imidazole rings is 1. The van der Waals surface area contributed by atoms with Crippen LogP contribution in [0.3, 0.4) is 0 Å². The fourth-order valence-electron chi connectivity index (χ4n) is 3.30. The number of benzene rings is 1. The minimum atomic E-state index is -0.294. The maximum absolute atomic E-state index is 12.3. The molecule has 0 unspecified atom stereocenters. The van der Waals surface area contributed by atoms with E-state index in [1.54, 1.807) is 11.1 Å². The molecule has 4 rings (SSSR count). The highest BCUT2D eigenvalue weighted by Gasteiger charge is 2.21. The molecule has 8 heteroatoms. The third-order valence-corrected chi connectivity index (χ3v) is 4.85. The Bertz CT molecular complexity index is 944. The van der Waals surface area contributed by atoms with Gasteiger partial charge in [-0.3, -0.25) is 4.40 Å². The van der Waals surface area contributed by atoms with Gasteiger partial charge in [-0.2, -0.15) is 0 Å². The standard InChI is InChI=1S/C19H22N6O2/c1-20-17-18-22-12-16(25(18)11-8-21-17)13-2-4-14(5-3-13)23-19(27)24-9-6-15(26)7-10-24/h2-5,8,11-12,15,26H,6-7,9-10H2,1H3,(H,20,21)(H,23,27). The highest BCUT2D eigenvalue weighted by atomic mass is 16.3. The van der Waals surface area contributed by atoms with Crippen molar-refractivity contribution >= 4 is 23.2 Å². The molecule has 2 amide bonds. The molecule has 1 aliphatic rings. The van der Waals surface area contributed by atoms with E-state index in [0.29, 0.717) is 25.9 Å². The lowest BCUT2D eigenvalue weighted by Crippen LogP contribution is -2.42. The number of rotatable bonds is 3. The number of hydrogen-bond donors (Lipinski definition) is 3. The molecule has 1 aromatic carbocycles. The van der Waals surface area contributed by atoms with Crippen LogP contribution in [0.4, 0.5) is 16.3 Å². The van der Waals surface area contributed by atoms with Gasteiger partial charge in [0.25, 0.3) is 0 Å². The Labute approximate surface area is 156 Å². The van der Waals surface area contributed by atoms with E-state index in [9.17, 15) is 9.90 Å².